The summed E-state index contributed by atoms with van der Waals surface area (Å²) >= 11 is 2.89. The number of fused-ring (bicyclic) bond motifs is 3. The smallest absolute Gasteiger partial charge is 0.267 e. The lowest BCUT2D eigenvalue weighted by Gasteiger charge is -2.13. The third-order valence-corrected chi connectivity index (χ3v) is 7.50. The lowest BCUT2D eigenvalue weighted by atomic mass is 10.2. The number of nitrogens with zero attached hydrogens (tertiary/aromatic N) is 2. The minimum atomic E-state index is -0.139. The predicted molar refractivity (Wildman–Crippen MR) is 123 cm³/mol. The number of carbonyl (C=O) groups is 1. The van der Waals surface area contributed by atoms with Crippen molar-refractivity contribution in [3.05, 3.63) is 74.8 Å². The van der Waals surface area contributed by atoms with Crippen LogP contribution < -0.4 is 10.9 Å². The summed E-state index contributed by atoms with van der Waals surface area (Å²) in [7, 11) is 0. The van der Waals surface area contributed by atoms with Gasteiger partial charge >= 0.3 is 0 Å². The van der Waals surface area contributed by atoms with Gasteiger partial charge in [-0.1, -0.05) is 29.5 Å². The Morgan fingerprint density at radius 2 is 2.10 bits per heavy atom. The highest BCUT2D eigenvalue weighted by atomic mass is 32.2. The molecule has 8 heteroatoms. The quantitative estimate of drug-likeness (QED) is 0.350. The van der Waals surface area contributed by atoms with Crippen molar-refractivity contribution in [3.8, 4) is 5.69 Å². The molecular weight excluding hydrogens is 430 g/mol. The molecule has 0 atom stereocenters. The van der Waals surface area contributed by atoms with E-state index in [-0.39, 0.29) is 17.2 Å². The largest absolute Gasteiger partial charge is 0.467 e. The van der Waals surface area contributed by atoms with Crippen LogP contribution in [0.4, 0.5) is 0 Å². The number of thioether (sulfide) groups is 1. The Labute approximate surface area is 187 Å². The average molecular weight is 452 g/mol. The molecule has 0 unspecified atom stereocenters. The third kappa shape index (κ3) is 3.93. The standard InChI is InChI=1S/C23H21N3O3S2/c1-14-7-9-15(10-8-14)26-22(28)20-17-5-2-6-18(17)31-21(20)25-23(26)30-13-19(27)24-12-16-4-3-11-29-16/h3-4,7-11H,2,5-6,12-13H2,1H3,(H,24,27). The van der Waals surface area contributed by atoms with Crippen LogP contribution in [0.15, 0.2) is 57.0 Å². The maximum Gasteiger partial charge on any atom is 0.267 e. The Morgan fingerprint density at radius 1 is 1.26 bits per heavy atom. The molecule has 0 bridgehead atoms. The lowest BCUT2D eigenvalue weighted by molar-refractivity contribution is -0.118. The molecule has 158 valence electrons. The number of hydrogen-bond acceptors (Lipinski definition) is 6. The van der Waals surface area contributed by atoms with Crippen LogP contribution in [-0.4, -0.2) is 21.2 Å². The first-order chi connectivity index (χ1) is 15.1. The summed E-state index contributed by atoms with van der Waals surface area (Å²) < 4.78 is 6.90. The van der Waals surface area contributed by atoms with Crippen LogP contribution in [0.3, 0.4) is 0 Å². The van der Waals surface area contributed by atoms with E-state index in [1.165, 1.54) is 16.6 Å². The lowest BCUT2D eigenvalue weighted by Crippen LogP contribution is -2.26. The molecule has 0 saturated heterocycles. The zero-order valence-electron chi connectivity index (χ0n) is 17.0. The van der Waals surface area contributed by atoms with Gasteiger partial charge in [-0.2, -0.15) is 0 Å². The summed E-state index contributed by atoms with van der Waals surface area (Å²) in [6.07, 6.45) is 4.61. The zero-order chi connectivity index (χ0) is 21.4. The van der Waals surface area contributed by atoms with Crippen molar-refractivity contribution < 1.29 is 9.21 Å². The van der Waals surface area contributed by atoms with E-state index in [1.54, 1.807) is 28.2 Å². The Hall–Kier alpha value is -2.84. The third-order valence-electron chi connectivity index (χ3n) is 5.37. The zero-order valence-corrected chi connectivity index (χ0v) is 18.6. The molecule has 5 rings (SSSR count). The fourth-order valence-corrected chi connectivity index (χ4v) is 5.97. The van der Waals surface area contributed by atoms with Crippen LogP contribution in [0.25, 0.3) is 15.9 Å². The molecule has 6 nitrogen and oxygen atoms in total. The van der Waals surface area contributed by atoms with Crippen LogP contribution >= 0.6 is 23.1 Å². The highest BCUT2D eigenvalue weighted by Crippen LogP contribution is 2.36. The monoisotopic (exact) mass is 451 g/mol. The van der Waals surface area contributed by atoms with Crippen molar-refractivity contribution in [1.82, 2.24) is 14.9 Å². The molecule has 1 aromatic carbocycles. The average Bonchev–Trinajstić information content (AvgIpc) is 3.49. The second-order valence-electron chi connectivity index (χ2n) is 7.55. The van der Waals surface area contributed by atoms with Crippen LogP contribution in [0, 0.1) is 6.92 Å². The Kier molecular flexibility index (Phi) is 5.41. The van der Waals surface area contributed by atoms with Gasteiger partial charge in [0.15, 0.2) is 5.16 Å². The van der Waals surface area contributed by atoms with Gasteiger partial charge in [-0.15, -0.1) is 11.3 Å². The van der Waals surface area contributed by atoms with E-state index in [2.05, 4.69) is 5.32 Å². The molecule has 31 heavy (non-hydrogen) atoms. The maximum absolute atomic E-state index is 13.6. The van der Waals surface area contributed by atoms with Gasteiger partial charge in [0, 0.05) is 4.88 Å². The second-order valence-corrected chi connectivity index (χ2v) is 9.58. The first-order valence-corrected chi connectivity index (χ1v) is 12.0. The van der Waals surface area contributed by atoms with Gasteiger partial charge in [-0.25, -0.2) is 4.98 Å². The predicted octanol–water partition coefficient (Wildman–Crippen LogP) is 4.25. The molecule has 0 spiro atoms. The maximum atomic E-state index is 13.6. The van der Waals surface area contributed by atoms with E-state index >= 15 is 0 Å². The van der Waals surface area contributed by atoms with Crippen molar-refractivity contribution in [2.45, 2.75) is 37.9 Å². The number of nitrogens with one attached hydrogen (secondary N) is 1. The molecule has 1 aliphatic carbocycles. The fraction of sp³-hybridized carbons (Fsp3) is 0.261. The molecule has 1 N–H and O–H groups in total. The van der Waals surface area contributed by atoms with E-state index in [9.17, 15) is 9.59 Å². The van der Waals surface area contributed by atoms with Crippen molar-refractivity contribution in [1.29, 1.82) is 0 Å². The first kappa shape index (κ1) is 20.1. The van der Waals surface area contributed by atoms with Gasteiger partial charge in [0.05, 0.1) is 29.6 Å². The topological polar surface area (TPSA) is 77.1 Å². The number of amides is 1. The number of carbonyl (C=O) groups excluding carboxylic acids is 1. The molecule has 1 aliphatic rings. The summed E-state index contributed by atoms with van der Waals surface area (Å²) in [4.78, 5) is 32.8. The molecule has 3 aromatic heterocycles. The van der Waals surface area contributed by atoms with Gasteiger partial charge in [0.1, 0.15) is 10.6 Å². The van der Waals surface area contributed by atoms with Crippen LogP contribution in [0.2, 0.25) is 0 Å². The van der Waals surface area contributed by atoms with Gasteiger partial charge in [0.25, 0.3) is 5.56 Å². The summed E-state index contributed by atoms with van der Waals surface area (Å²) in [5.41, 5.74) is 2.99. The summed E-state index contributed by atoms with van der Waals surface area (Å²) in [5.74, 6) is 0.720. The number of furan rings is 1. The Balaban J connectivity index is 1.48. The van der Waals surface area contributed by atoms with E-state index < -0.39 is 0 Å². The number of aromatic nitrogens is 2. The number of thiophene rings is 1. The molecule has 0 aliphatic heterocycles. The van der Waals surface area contributed by atoms with E-state index in [1.807, 2.05) is 37.3 Å². The van der Waals surface area contributed by atoms with Gasteiger partial charge in [-0.3, -0.25) is 14.2 Å². The molecule has 3 heterocycles. The summed E-state index contributed by atoms with van der Waals surface area (Å²) in [6, 6.07) is 11.4. The highest BCUT2D eigenvalue weighted by Gasteiger charge is 2.24. The van der Waals surface area contributed by atoms with Crippen LogP contribution in [0.1, 0.15) is 28.2 Å². The number of hydrogen-bond donors (Lipinski definition) is 1. The molecular formula is C23H21N3O3S2. The van der Waals surface area contributed by atoms with Crippen molar-refractivity contribution in [2.24, 2.45) is 0 Å². The van der Waals surface area contributed by atoms with E-state index in [0.717, 1.165) is 46.3 Å². The first-order valence-electron chi connectivity index (χ1n) is 10.2. The summed E-state index contributed by atoms with van der Waals surface area (Å²) in [5, 5.41) is 4.12. The number of rotatable bonds is 6. The Bertz CT molecular complexity index is 1300. The molecule has 1 amide bonds. The van der Waals surface area contributed by atoms with Crippen molar-refractivity contribution in [3.63, 3.8) is 0 Å². The van der Waals surface area contributed by atoms with Gasteiger partial charge < -0.3 is 9.73 Å². The molecule has 4 aromatic rings. The highest BCUT2D eigenvalue weighted by molar-refractivity contribution is 7.99. The van der Waals surface area contributed by atoms with Gasteiger partial charge in [-0.05, 0) is 56.0 Å². The second kappa shape index (κ2) is 8.36. The number of benzene rings is 1. The number of aryl methyl sites for hydroxylation is 3. The normalized spacial score (nSPS) is 12.9. The minimum absolute atomic E-state index is 0.0493. The van der Waals surface area contributed by atoms with Gasteiger partial charge in [0.2, 0.25) is 5.91 Å². The van der Waals surface area contributed by atoms with E-state index in [4.69, 9.17) is 9.40 Å². The molecule has 0 radical (unpaired) electrons. The molecule has 0 saturated carbocycles. The van der Waals surface area contributed by atoms with E-state index in [0.29, 0.717) is 17.5 Å². The fourth-order valence-electron chi connectivity index (χ4n) is 3.82. The summed E-state index contributed by atoms with van der Waals surface area (Å²) in [6.45, 7) is 2.35. The van der Waals surface area contributed by atoms with Crippen LogP contribution in [-0.2, 0) is 24.2 Å². The van der Waals surface area contributed by atoms with Crippen molar-refractivity contribution >= 4 is 39.2 Å². The SMILES string of the molecule is Cc1ccc(-n2c(SCC(=O)NCc3ccco3)nc3sc4c(c3c2=O)CCC4)cc1. The van der Waals surface area contributed by atoms with Crippen molar-refractivity contribution in [2.75, 3.05) is 5.75 Å². The minimum Gasteiger partial charge on any atom is -0.467 e. The van der Waals surface area contributed by atoms with Crippen LogP contribution in [0.5, 0.6) is 0 Å². The Morgan fingerprint density at radius 3 is 2.87 bits per heavy atom. The molecule has 0 fully saturated rings.